The second kappa shape index (κ2) is 3.90. The van der Waals surface area contributed by atoms with Crippen LogP contribution < -0.4 is 5.73 Å². The molecule has 0 heterocycles. The maximum Gasteiger partial charge on any atom is 0.0701 e. The smallest absolute Gasteiger partial charge is 0.0701 e. The Labute approximate surface area is 78.8 Å². The minimum absolute atomic E-state index is 0.782. The Morgan fingerprint density at radius 3 is 2.69 bits per heavy atom. The fraction of sp³-hybridized carbons (Fsp3) is 0.182. The zero-order chi connectivity index (χ0) is 9.84. The van der Waals surface area contributed by atoms with E-state index >= 15 is 0 Å². The van der Waals surface area contributed by atoms with Crippen LogP contribution in [-0.2, 0) is 0 Å². The second-order valence-corrected chi connectivity index (χ2v) is 2.80. The summed E-state index contributed by atoms with van der Waals surface area (Å²) in [6.07, 6.45) is 3.55. The monoisotopic (exact) mass is 174 g/mol. The molecule has 0 aliphatic heterocycles. The Balaban J connectivity index is 3.37. The number of benzene rings is 1. The highest BCUT2D eigenvalue weighted by Crippen LogP contribution is 2.27. The van der Waals surface area contributed by atoms with Crippen molar-refractivity contribution < 1.29 is 0 Å². The molecule has 0 spiro atoms. The van der Waals surface area contributed by atoms with Crippen LogP contribution in [0.25, 0.3) is 6.08 Å². The summed E-state index contributed by atoms with van der Waals surface area (Å²) in [5.74, 6) is 0. The first-order valence-corrected chi connectivity index (χ1v) is 4.21. The molecule has 0 aromatic heterocycles. The predicted octanol–water partition coefficient (Wildman–Crippen LogP) is 2.94. The van der Waals surface area contributed by atoms with Gasteiger partial charge >= 0.3 is 0 Å². The molecular formula is C11H14N2. The van der Waals surface area contributed by atoms with E-state index in [1.807, 2.05) is 26.0 Å². The first-order chi connectivity index (χ1) is 6.20. The third-order valence-electron chi connectivity index (χ3n) is 2.01. The Bertz CT molecular complexity index is 351. The number of nitrogens with two attached hydrogens (primary N) is 1. The summed E-state index contributed by atoms with van der Waals surface area (Å²) in [4.78, 5) is 4.23. The predicted molar refractivity (Wildman–Crippen MR) is 59.5 cm³/mol. The summed E-state index contributed by atoms with van der Waals surface area (Å²) >= 11 is 0. The molecule has 0 aliphatic carbocycles. The SMILES string of the molecule is C=Cc1c(/N=C\C)ccc(N)c1C. The summed E-state index contributed by atoms with van der Waals surface area (Å²) in [5, 5.41) is 0. The normalized spacial score (nSPS) is 10.6. The van der Waals surface area contributed by atoms with E-state index in [0.29, 0.717) is 0 Å². The first kappa shape index (κ1) is 9.52. The van der Waals surface area contributed by atoms with Crippen LogP contribution in [-0.4, -0.2) is 6.21 Å². The molecule has 2 N–H and O–H groups in total. The van der Waals surface area contributed by atoms with Crippen LogP contribution in [0, 0.1) is 6.92 Å². The molecule has 1 aromatic carbocycles. The van der Waals surface area contributed by atoms with Gasteiger partial charge in [-0.25, -0.2) is 0 Å². The Morgan fingerprint density at radius 2 is 2.15 bits per heavy atom. The zero-order valence-corrected chi connectivity index (χ0v) is 8.04. The number of hydrogen-bond donors (Lipinski definition) is 1. The van der Waals surface area contributed by atoms with Crippen molar-refractivity contribution in [1.82, 2.24) is 0 Å². The van der Waals surface area contributed by atoms with Gasteiger partial charge in [0.15, 0.2) is 0 Å². The van der Waals surface area contributed by atoms with Gasteiger partial charge in [0, 0.05) is 17.5 Å². The second-order valence-electron chi connectivity index (χ2n) is 2.80. The number of anilines is 1. The van der Waals surface area contributed by atoms with E-state index in [1.54, 1.807) is 12.3 Å². The molecular weight excluding hydrogens is 160 g/mol. The van der Waals surface area contributed by atoms with Crippen LogP contribution >= 0.6 is 0 Å². The highest BCUT2D eigenvalue weighted by atomic mass is 14.7. The van der Waals surface area contributed by atoms with E-state index < -0.39 is 0 Å². The fourth-order valence-electron chi connectivity index (χ4n) is 1.24. The van der Waals surface area contributed by atoms with Gasteiger partial charge in [-0.2, -0.15) is 0 Å². The van der Waals surface area contributed by atoms with Crippen molar-refractivity contribution in [1.29, 1.82) is 0 Å². The average molecular weight is 174 g/mol. The lowest BCUT2D eigenvalue weighted by atomic mass is 10.0. The molecule has 0 fully saturated rings. The standard InChI is InChI=1S/C11H14N2/c1-4-9-8(3)10(12)6-7-11(9)13-5-2/h4-7H,1,12H2,2-3H3/b13-5-. The van der Waals surface area contributed by atoms with E-state index in [4.69, 9.17) is 5.73 Å². The topological polar surface area (TPSA) is 38.4 Å². The van der Waals surface area contributed by atoms with Gasteiger partial charge in [0.05, 0.1) is 5.69 Å². The molecule has 1 rings (SSSR count). The van der Waals surface area contributed by atoms with Crippen molar-refractivity contribution in [2.75, 3.05) is 5.73 Å². The number of hydrogen-bond acceptors (Lipinski definition) is 2. The molecule has 0 bridgehead atoms. The van der Waals surface area contributed by atoms with Gasteiger partial charge in [-0.15, -0.1) is 0 Å². The van der Waals surface area contributed by atoms with Crippen molar-refractivity contribution in [2.45, 2.75) is 13.8 Å². The van der Waals surface area contributed by atoms with Crippen LogP contribution in [0.2, 0.25) is 0 Å². The number of rotatable bonds is 2. The highest BCUT2D eigenvalue weighted by molar-refractivity contribution is 5.75. The molecule has 1 aromatic rings. The fourth-order valence-corrected chi connectivity index (χ4v) is 1.24. The van der Waals surface area contributed by atoms with E-state index in [2.05, 4.69) is 11.6 Å². The van der Waals surface area contributed by atoms with Gasteiger partial charge < -0.3 is 5.73 Å². The molecule has 0 atom stereocenters. The van der Waals surface area contributed by atoms with Gasteiger partial charge in [0.25, 0.3) is 0 Å². The van der Waals surface area contributed by atoms with Crippen LogP contribution in [0.5, 0.6) is 0 Å². The Morgan fingerprint density at radius 1 is 1.46 bits per heavy atom. The molecule has 2 nitrogen and oxygen atoms in total. The lowest BCUT2D eigenvalue weighted by Gasteiger charge is -2.07. The molecule has 0 radical (unpaired) electrons. The third-order valence-corrected chi connectivity index (χ3v) is 2.01. The third kappa shape index (κ3) is 1.78. The van der Waals surface area contributed by atoms with Crippen molar-refractivity contribution in [3.05, 3.63) is 29.8 Å². The minimum atomic E-state index is 0.782. The number of aliphatic imine (C=N–C) groups is 1. The van der Waals surface area contributed by atoms with Crippen molar-refractivity contribution >= 4 is 23.7 Å². The molecule has 0 unspecified atom stereocenters. The molecule has 2 heteroatoms. The molecule has 0 saturated carbocycles. The lowest BCUT2D eigenvalue weighted by molar-refractivity contribution is 1.40. The number of nitrogens with zero attached hydrogens (tertiary/aromatic N) is 1. The summed E-state index contributed by atoms with van der Waals surface area (Å²) in [7, 11) is 0. The Kier molecular flexibility index (Phi) is 2.85. The van der Waals surface area contributed by atoms with E-state index in [-0.39, 0.29) is 0 Å². The van der Waals surface area contributed by atoms with E-state index in [1.165, 1.54) is 0 Å². The molecule has 13 heavy (non-hydrogen) atoms. The van der Waals surface area contributed by atoms with Gasteiger partial charge in [-0.1, -0.05) is 12.7 Å². The average Bonchev–Trinajstić information content (AvgIpc) is 2.12. The highest BCUT2D eigenvalue weighted by Gasteiger charge is 2.03. The summed E-state index contributed by atoms with van der Waals surface area (Å²) in [6, 6.07) is 3.77. The maximum absolute atomic E-state index is 5.76. The summed E-state index contributed by atoms with van der Waals surface area (Å²) in [5.41, 5.74) is 9.52. The zero-order valence-electron chi connectivity index (χ0n) is 8.04. The van der Waals surface area contributed by atoms with Crippen molar-refractivity contribution in [2.24, 2.45) is 4.99 Å². The van der Waals surface area contributed by atoms with Crippen molar-refractivity contribution in [3.8, 4) is 0 Å². The van der Waals surface area contributed by atoms with Gasteiger partial charge in [0.2, 0.25) is 0 Å². The molecule has 0 aliphatic rings. The largest absolute Gasteiger partial charge is 0.398 e. The lowest BCUT2D eigenvalue weighted by Crippen LogP contribution is -1.91. The summed E-state index contributed by atoms with van der Waals surface area (Å²) < 4.78 is 0. The van der Waals surface area contributed by atoms with E-state index in [0.717, 1.165) is 22.5 Å². The maximum atomic E-state index is 5.76. The Hall–Kier alpha value is -1.57. The van der Waals surface area contributed by atoms with Crippen LogP contribution in [0.3, 0.4) is 0 Å². The van der Waals surface area contributed by atoms with Crippen LogP contribution in [0.1, 0.15) is 18.1 Å². The quantitative estimate of drug-likeness (QED) is 0.543. The summed E-state index contributed by atoms with van der Waals surface area (Å²) in [6.45, 7) is 7.61. The van der Waals surface area contributed by atoms with Gasteiger partial charge in [-0.05, 0) is 31.5 Å². The molecule has 0 saturated heterocycles. The first-order valence-electron chi connectivity index (χ1n) is 4.21. The number of nitrogen functional groups attached to an aromatic ring is 1. The minimum Gasteiger partial charge on any atom is -0.398 e. The molecule has 0 amide bonds. The van der Waals surface area contributed by atoms with E-state index in [9.17, 15) is 0 Å². The van der Waals surface area contributed by atoms with Gasteiger partial charge in [0.1, 0.15) is 0 Å². The molecule has 68 valence electrons. The van der Waals surface area contributed by atoms with Gasteiger partial charge in [-0.3, -0.25) is 4.99 Å². The van der Waals surface area contributed by atoms with Crippen LogP contribution in [0.4, 0.5) is 11.4 Å². The van der Waals surface area contributed by atoms with Crippen LogP contribution in [0.15, 0.2) is 23.7 Å². The van der Waals surface area contributed by atoms with Crippen molar-refractivity contribution in [3.63, 3.8) is 0 Å².